The summed E-state index contributed by atoms with van der Waals surface area (Å²) in [5, 5.41) is 12.0. The summed E-state index contributed by atoms with van der Waals surface area (Å²) >= 11 is 1.34. The minimum Gasteiger partial charge on any atom is -0.473 e. The molecule has 4 aromatic rings. The molecular formula is C32H40FN9O3S. The van der Waals surface area contributed by atoms with Crippen molar-refractivity contribution in [3.8, 4) is 17.1 Å². The molecule has 0 radical (unpaired) electrons. The van der Waals surface area contributed by atoms with Crippen LogP contribution >= 0.6 is 11.3 Å². The Kier molecular flexibility index (Phi) is 9.09. The molecule has 1 aliphatic carbocycles. The molecule has 14 heteroatoms. The summed E-state index contributed by atoms with van der Waals surface area (Å²) in [6.07, 6.45) is 6.90. The van der Waals surface area contributed by atoms with Gasteiger partial charge in [0.25, 0.3) is 11.8 Å². The molecule has 0 spiro atoms. The highest BCUT2D eigenvalue weighted by Crippen LogP contribution is 2.36. The molecule has 1 atom stereocenters. The monoisotopic (exact) mass is 649 g/mol. The van der Waals surface area contributed by atoms with Crippen molar-refractivity contribution in [1.82, 2.24) is 30.2 Å². The molecule has 0 unspecified atom stereocenters. The van der Waals surface area contributed by atoms with Crippen molar-refractivity contribution in [2.45, 2.75) is 83.5 Å². The smallest absolute Gasteiger partial charge is 0.267 e. The van der Waals surface area contributed by atoms with Gasteiger partial charge in [-0.05, 0) is 63.6 Å². The van der Waals surface area contributed by atoms with Crippen LogP contribution in [-0.4, -0.2) is 68.7 Å². The number of nitrogens with zero attached hydrogens (tertiary/aromatic N) is 5. The van der Waals surface area contributed by atoms with Crippen LogP contribution in [0.2, 0.25) is 0 Å². The molecule has 2 fully saturated rings. The molecule has 244 valence electrons. The van der Waals surface area contributed by atoms with E-state index in [0.29, 0.717) is 46.2 Å². The maximum Gasteiger partial charge on any atom is 0.267 e. The van der Waals surface area contributed by atoms with E-state index in [-0.39, 0.29) is 29.4 Å². The Hall–Kier alpha value is -4.30. The van der Waals surface area contributed by atoms with Crippen LogP contribution in [0.15, 0.2) is 30.6 Å². The number of rotatable bonds is 9. The van der Waals surface area contributed by atoms with Crippen molar-refractivity contribution in [3.63, 3.8) is 0 Å². The Morgan fingerprint density at radius 1 is 1.13 bits per heavy atom. The van der Waals surface area contributed by atoms with Gasteiger partial charge in [-0.25, -0.2) is 18.9 Å². The first-order valence-electron chi connectivity index (χ1n) is 15.7. The van der Waals surface area contributed by atoms with Gasteiger partial charge in [-0.1, -0.05) is 19.9 Å². The molecule has 6 rings (SSSR count). The number of ether oxygens (including phenoxy) is 1. The number of nitrogens with one attached hydrogen (secondary N) is 2. The van der Waals surface area contributed by atoms with E-state index in [2.05, 4.69) is 44.4 Å². The Morgan fingerprint density at radius 3 is 2.63 bits per heavy atom. The third-order valence-corrected chi connectivity index (χ3v) is 9.57. The van der Waals surface area contributed by atoms with Gasteiger partial charge in [0.2, 0.25) is 5.88 Å². The first-order valence-corrected chi connectivity index (χ1v) is 16.6. The highest BCUT2D eigenvalue weighted by molar-refractivity contribution is 7.13. The van der Waals surface area contributed by atoms with Crippen LogP contribution in [0, 0.1) is 12.7 Å². The van der Waals surface area contributed by atoms with E-state index in [1.165, 1.54) is 29.8 Å². The second-order valence-corrected chi connectivity index (χ2v) is 13.6. The Bertz CT molecular complexity index is 1750. The van der Waals surface area contributed by atoms with Gasteiger partial charge in [0.15, 0.2) is 10.7 Å². The lowest BCUT2D eigenvalue weighted by Crippen LogP contribution is -2.47. The zero-order chi connectivity index (χ0) is 32.5. The molecule has 1 saturated heterocycles. The Balaban J connectivity index is 1.18. The highest BCUT2D eigenvalue weighted by Gasteiger charge is 2.30. The van der Waals surface area contributed by atoms with Gasteiger partial charge in [-0.15, -0.1) is 11.3 Å². The fraction of sp³-hybridized carbons (Fsp3) is 0.469. The average molecular weight is 650 g/mol. The zero-order valence-electron chi connectivity index (χ0n) is 26.3. The number of aromatic nitrogens is 4. The molecular weight excluding hydrogens is 609 g/mol. The highest BCUT2D eigenvalue weighted by atomic mass is 32.1. The van der Waals surface area contributed by atoms with Crippen LogP contribution in [0.1, 0.15) is 77.4 Å². The second kappa shape index (κ2) is 13.2. The summed E-state index contributed by atoms with van der Waals surface area (Å²) in [6, 6.07) is 6.92. The van der Waals surface area contributed by atoms with Crippen LogP contribution in [0.25, 0.3) is 16.8 Å². The third-order valence-electron chi connectivity index (χ3n) is 8.62. The molecule has 12 nitrogen and oxygen atoms in total. The summed E-state index contributed by atoms with van der Waals surface area (Å²) in [6.45, 7) is 7.45. The van der Waals surface area contributed by atoms with E-state index in [9.17, 15) is 14.0 Å². The van der Waals surface area contributed by atoms with Crippen molar-refractivity contribution in [2.75, 3.05) is 23.7 Å². The first-order chi connectivity index (χ1) is 22.1. The topological polar surface area (TPSA) is 166 Å². The van der Waals surface area contributed by atoms with Gasteiger partial charge in [0.1, 0.15) is 23.8 Å². The summed E-state index contributed by atoms with van der Waals surface area (Å²) < 4.78 is 22.7. The maximum atomic E-state index is 14.7. The molecule has 1 saturated carbocycles. The summed E-state index contributed by atoms with van der Waals surface area (Å²) in [4.78, 5) is 36.6. The summed E-state index contributed by atoms with van der Waals surface area (Å²) in [5.41, 5.74) is 13.9. The first kappa shape index (κ1) is 31.7. The molecule has 46 heavy (non-hydrogen) atoms. The lowest BCUT2D eigenvalue weighted by Gasteiger charge is -2.34. The zero-order valence-corrected chi connectivity index (χ0v) is 27.1. The van der Waals surface area contributed by atoms with Gasteiger partial charge in [-0.2, -0.15) is 5.10 Å². The molecule has 0 bridgehead atoms. The number of hydrogen-bond acceptors (Lipinski definition) is 10. The van der Waals surface area contributed by atoms with Crippen LogP contribution in [0.3, 0.4) is 0 Å². The van der Waals surface area contributed by atoms with Gasteiger partial charge in [0.05, 0.1) is 22.0 Å². The van der Waals surface area contributed by atoms with Crippen molar-refractivity contribution in [1.29, 1.82) is 0 Å². The van der Waals surface area contributed by atoms with Gasteiger partial charge < -0.3 is 31.7 Å². The quantitative estimate of drug-likeness (QED) is 0.209. The standard InChI is InChI=1S/C32H40FN9O3S/c1-17(2)38-20-7-9-22(10-8-20)45-32-28(46-18(3)39-32)31(44)40-21-5-4-12-41(15-21)26-14-25(42-27(26)29(34)36-16-37-42)19-6-11-23(30(35)43)24(33)13-19/h6,11,13-14,16-17,20-22,38H,4-5,7-10,12,15H2,1-3H3,(H2,35,43)(H,40,44)(H2,34,36,37)/t20?,21-,22?/m1/s1. The van der Waals surface area contributed by atoms with Gasteiger partial charge >= 0.3 is 0 Å². The van der Waals surface area contributed by atoms with E-state index >= 15 is 0 Å². The number of fused-ring (bicyclic) bond motifs is 1. The number of aryl methyl sites for hydroxylation is 1. The molecule has 1 aromatic carbocycles. The fourth-order valence-corrected chi connectivity index (χ4v) is 7.30. The summed E-state index contributed by atoms with van der Waals surface area (Å²) in [5.74, 6) is -1.07. The van der Waals surface area contributed by atoms with Crippen LogP contribution in [-0.2, 0) is 0 Å². The summed E-state index contributed by atoms with van der Waals surface area (Å²) in [7, 11) is 0. The molecule has 6 N–H and O–H groups in total. The SMILES string of the molecule is Cc1nc(OC2CCC(NC(C)C)CC2)c(C(=O)N[C@@H]2CCCN(c3cc(-c4ccc(C(N)=O)c(F)c4)n4ncnc(N)c34)C2)s1. The van der Waals surface area contributed by atoms with Gasteiger partial charge in [-0.3, -0.25) is 9.59 Å². The normalized spacial score (nSPS) is 20.3. The van der Waals surface area contributed by atoms with Crippen molar-refractivity contribution < 1.29 is 18.7 Å². The van der Waals surface area contributed by atoms with E-state index < -0.39 is 11.7 Å². The number of nitrogen functional groups attached to an aromatic ring is 1. The van der Waals surface area contributed by atoms with Crippen LogP contribution in [0.5, 0.6) is 5.88 Å². The number of benzene rings is 1. The van der Waals surface area contributed by atoms with E-state index in [0.717, 1.165) is 55.8 Å². The van der Waals surface area contributed by atoms with E-state index in [4.69, 9.17) is 16.2 Å². The number of hydrogen-bond donors (Lipinski definition) is 4. The van der Waals surface area contributed by atoms with Crippen molar-refractivity contribution in [2.24, 2.45) is 5.73 Å². The van der Waals surface area contributed by atoms with E-state index in [1.807, 2.05) is 13.0 Å². The van der Waals surface area contributed by atoms with Crippen molar-refractivity contribution >= 4 is 40.2 Å². The second-order valence-electron chi connectivity index (χ2n) is 12.4. The number of thiazole rings is 1. The predicted octanol–water partition coefficient (Wildman–Crippen LogP) is 4.07. The number of nitrogens with two attached hydrogens (primary N) is 2. The third kappa shape index (κ3) is 6.63. The average Bonchev–Trinajstić information content (AvgIpc) is 3.59. The molecule has 3 aromatic heterocycles. The number of halogens is 1. The number of carbonyl (C=O) groups excluding carboxylic acids is 2. The Labute approximate surface area is 270 Å². The fourth-order valence-electron chi connectivity index (χ4n) is 6.54. The molecule has 4 heterocycles. The van der Waals surface area contributed by atoms with Crippen LogP contribution in [0.4, 0.5) is 15.9 Å². The lowest BCUT2D eigenvalue weighted by molar-refractivity contribution is 0.0920. The molecule has 1 aliphatic heterocycles. The largest absolute Gasteiger partial charge is 0.473 e. The number of piperidine rings is 1. The van der Waals surface area contributed by atoms with Gasteiger partial charge in [0, 0.05) is 36.8 Å². The predicted molar refractivity (Wildman–Crippen MR) is 176 cm³/mol. The van der Waals surface area contributed by atoms with Crippen LogP contribution < -0.4 is 31.7 Å². The van der Waals surface area contributed by atoms with Crippen molar-refractivity contribution in [3.05, 3.63) is 51.9 Å². The number of anilines is 2. The van der Waals surface area contributed by atoms with E-state index in [1.54, 1.807) is 10.6 Å². The maximum absolute atomic E-state index is 14.7. The lowest BCUT2D eigenvalue weighted by atomic mass is 9.92. The molecule has 2 amide bonds. The minimum absolute atomic E-state index is 0.0360. The Morgan fingerprint density at radius 2 is 1.91 bits per heavy atom. The number of primary amides is 1. The number of amides is 2. The minimum atomic E-state index is -0.841. The number of carbonyl (C=O) groups is 2. The molecule has 2 aliphatic rings.